The highest BCUT2D eigenvalue weighted by molar-refractivity contribution is 5.98. The Labute approximate surface area is 196 Å². The first kappa shape index (κ1) is 22.0. The maximum absolute atomic E-state index is 13.6. The predicted octanol–water partition coefficient (Wildman–Crippen LogP) is 3.26. The van der Waals surface area contributed by atoms with Gasteiger partial charge in [0.25, 0.3) is 5.91 Å². The number of hydrogen-bond donors (Lipinski definition) is 1. The minimum absolute atomic E-state index is 0.0567. The number of carbonyl (C=O) groups is 1. The van der Waals surface area contributed by atoms with Gasteiger partial charge >= 0.3 is 0 Å². The van der Waals surface area contributed by atoms with Crippen LogP contribution in [0.15, 0.2) is 48.8 Å². The molecule has 1 saturated heterocycles. The van der Waals surface area contributed by atoms with Gasteiger partial charge in [0.1, 0.15) is 11.5 Å². The van der Waals surface area contributed by atoms with Crippen molar-refractivity contribution >= 4 is 17.4 Å². The van der Waals surface area contributed by atoms with Gasteiger partial charge in [-0.3, -0.25) is 4.79 Å². The number of nitrogens with zero attached hydrogens (tertiary/aromatic N) is 6. The van der Waals surface area contributed by atoms with E-state index >= 15 is 0 Å². The van der Waals surface area contributed by atoms with Gasteiger partial charge in [0.15, 0.2) is 11.5 Å². The molecule has 3 aromatic heterocycles. The molecule has 0 aliphatic carbocycles. The van der Waals surface area contributed by atoms with Crippen LogP contribution < -0.4 is 5.73 Å². The van der Waals surface area contributed by atoms with Gasteiger partial charge in [-0.05, 0) is 63.8 Å². The number of fused-ring (bicyclic) bond motifs is 1. The number of nitrogens with two attached hydrogens (primary N) is 1. The number of pyridine rings is 1. The number of anilines is 1. The van der Waals surface area contributed by atoms with Crippen molar-refractivity contribution in [2.75, 3.05) is 32.9 Å². The smallest absolute Gasteiger partial charge is 0.276 e. The molecule has 4 aromatic rings. The first-order valence-electron chi connectivity index (χ1n) is 11.1. The zero-order valence-electron chi connectivity index (χ0n) is 19.4. The van der Waals surface area contributed by atoms with Gasteiger partial charge < -0.3 is 19.9 Å². The summed E-state index contributed by atoms with van der Waals surface area (Å²) in [5.74, 6) is -0.527. The minimum atomic E-state index is -0.349. The van der Waals surface area contributed by atoms with Crippen LogP contribution in [0.25, 0.3) is 28.2 Å². The van der Waals surface area contributed by atoms with Gasteiger partial charge in [0.05, 0.1) is 11.4 Å². The third-order valence-electron chi connectivity index (χ3n) is 6.39. The monoisotopic (exact) mass is 459 g/mol. The number of likely N-dealkylation sites (N-methyl/N-ethyl adjacent to an activating group) is 1. The molecule has 1 amide bonds. The second-order valence-corrected chi connectivity index (χ2v) is 8.86. The van der Waals surface area contributed by atoms with Gasteiger partial charge in [0.2, 0.25) is 0 Å². The van der Waals surface area contributed by atoms with Crippen LogP contribution in [0.2, 0.25) is 0 Å². The molecule has 0 spiro atoms. The molecule has 1 aromatic carbocycles. The molecule has 1 fully saturated rings. The number of amides is 1. The molecule has 0 unspecified atom stereocenters. The number of halogens is 1. The van der Waals surface area contributed by atoms with Crippen LogP contribution >= 0.6 is 0 Å². The Balaban J connectivity index is 1.64. The number of carbonyl (C=O) groups excluding carboxylic acids is 1. The number of likely N-dealkylation sites (tertiary alicyclic amines) is 1. The second-order valence-electron chi connectivity index (χ2n) is 8.86. The maximum Gasteiger partial charge on any atom is 0.276 e. The molecular weight excluding hydrogens is 433 g/mol. The Morgan fingerprint density at radius 1 is 1.09 bits per heavy atom. The highest BCUT2D eigenvalue weighted by Gasteiger charge is 2.31. The summed E-state index contributed by atoms with van der Waals surface area (Å²) < 4.78 is 15.5. The van der Waals surface area contributed by atoms with Crippen molar-refractivity contribution in [3.05, 3.63) is 66.0 Å². The van der Waals surface area contributed by atoms with Crippen LogP contribution in [0.5, 0.6) is 0 Å². The fourth-order valence-corrected chi connectivity index (χ4v) is 4.36. The number of nitrogen functional groups attached to an aromatic ring is 1. The molecule has 5 rings (SSSR count). The number of imidazole rings is 1. The van der Waals surface area contributed by atoms with E-state index in [1.165, 1.54) is 12.1 Å². The van der Waals surface area contributed by atoms with Crippen molar-refractivity contribution < 1.29 is 9.18 Å². The molecule has 1 atom stereocenters. The Kier molecular flexibility index (Phi) is 5.49. The van der Waals surface area contributed by atoms with Crippen molar-refractivity contribution in [2.24, 2.45) is 0 Å². The topological polar surface area (TPSA) is 92.7 Å². The van der Waals surface area contributed by atoms with Crippen LogP contribution in [-0.4, -0.2) is 68.3 Å². The van der Waals surface area contributed by atoms with E-state index in [1.54, 1.807) is 23.2 Å². The summed E-state index contributed by atoms with van der Waals surface area (Å²) in [6.45, 7) is 3.21. The van der Waals surface area contributed by atoms with E-state index in [2.05, 4.69) is 14.9 Å². The molecule has 4 heterocycles. The second kappa shape index (κ2) is 8.49. The van der Waals surface area contributed by atoms with Gasteiger partial charge in [-0.1, -0.05) is 0 Å². The van der Waals surface area contributed by atoms with E-state index in [1.807, 2.05) is 43.7 Å². The van der Waals surface area contributed by atoms with Gasteiger partial charge in [-0.15, -0.1) is 0 Å². The van der Waals surface area contributed by atoms with E-state index in [0.717, 1.165) is 23.3 Å². The van der Waals surface area contributed by atoms with E-state index < -0.39 is 0 Å². The molecule has 34 heavy (non-hydrogen) atoms. The zero-order valence-corrected chi connectivity index (χ0v) is 19.4. The van der Waals surface area contributed by atoms with Crippen LogP contribution in [0.3, 0.4) is 0 Å². The average molecular weight is 460 g/mol. The lowest BCUT2D eigenvalue weighted by Crippen LogP contribution is -2.35. The fourth-order valence-electron chi connectivity index (χ4n) is 4.36. The lowest BCUT2D eigenvalue weighted by atomic mass is 10.0. The summed E-state index contributed by atoms with van der Waals surface area (Å²) in [4.78, 5) is 31.0. The lowest BCUT2D eigenvalue weighted by Gasteiger charge is -2.21. The summed E-state index contributed by atoms with van der Waals surface area (Å²) >= 11 is 0. The molecule has 1 aliphatic heterocycles. The molecular formula is C25H26FN7O. The molecule has 0 radical (unpaired) electrons. The van der Waals surface area contributed by atoms with Crippen LogP contribution in [0.4, 0.5) is 10.2 Å². The van der Waals surface area contributed by atoms with E-state index in [4.69, 9.17) is 10.7 Å². The predicted molar refractivity (Wildman–Crippen MR) is 129 cm³/mol. The van der Waals surface area contributed by atoms with Gasteiger partial charge in [-0.2, -0.15) is 0 Å². The van der Waals surface area contributed by atoms with Crippen LogP contribution in [0, 0.1) is 12.7 Å². The normalized spacial score (nSPS) is 16.0. The number of aromatic nitrogens is 4. The van der Waals surface area contributed by atoms with E-state index in [9.17, 15) is 9.18 Å². The molecule has 0 bridgehead atoms. The molecule has 2 N–H and O–H groups in total. The molecule has 1 aliphatic rings. The number of benzene rings is 1. The fraction of sp³-hybridized carbons (Fsp3) is 0.280. The number of aryl methyl sites for hydroxylation is 1. The SMILES string of the molecule is Cc1cnc2ccc(-c3nc(C(=O)N4CC[C@@H](N(C)C)C4)c(N)nc3-c3ccc(F)cc3)cn12. The Morgan fingerprint density at radius 3 is 2.50 bits per heavy atom. The third kappa shape index (κ3) is 3.88. The van der Waals surface area contributed by atoms with Crippen molar-refractivity contribution in [1.29, 1.82) is 0 Å². The Hall–Kier alpha value is -3.85. The summed E-state index contributed by atoms with van der Waals surface area (Å²) in [5.41, 5.74) is 10.6. The van der Waals surface area contributed by atoms with Crippen molar-refractivity contribution in [2.45, 2.75) is 19.4 Å². The van der Waals surface area contributed by atoms with Crippen molar-refractivity contribution in [3.63, 3.8) is 0 Å². The summed E-state index contributed by atoms with van der Waals surface area (Å²) in [5, 5.41) is 0. The summed E-state index contributed by atoms with van der Waals surface area (Å²) in [7, 11) is 4.02. The third-order valence-corrected chi connectivity index (χ3v) is 6.39. The lowest BCUT2D eigenvalue weighted by molar-refractivity contribution is 0.0778. The first-order chi connectivity index (χ1) is 16.3. The van der Waals surface area contributed by atoms with Crippen molar-refractivity contribution in [3.8, 4) is 22.5 Å². The Bertz CT molecular complexity index is 1380. The number of rotatable bonds is 4. The highest BCUT2D eigenvalue weighted by atomic mass is 19.1. The molecule has 9 heteroatoms. The number of hydrogen-bond acceptors (Lipinski definition) is 6. The summed E-state index contributed by atoms with van der Waals surface area (Å²) in [6.07, 6.45) is 4.60. The van der Waals surface area contributed by atoms with Gasteiger partial charge in [-0.25, -0.2) is 19.3 Å². The Morgan fingerprint density at radius 2 is 1.79 bits per heavy atom. The van der Waals surface area contributed by atoms with Crippen LogP contribution in [0.1, 0.15) is 22.6 Å². The van der Waals surface area contributed by atoms with Crippen molar-refractivity contribution in [1.82, 2.24) is 29.2 Å². The van der Waals surface area contributed by atoms with Gasteiger partial charge in [0, 0.05) is 48.3 Å². The molecule has 174 valence electrons. The average Bonchev–Trinajstić information content (AvgIpc) is 3.46. The minimum Gasteiger partial charge on any atom is -0.382 e. The summed E-state index contributed by atoms with van der Waals surface area (Å²) in [6, 6.07) is 10.1. The van der Waals surface area contributed by atoms with Crippen LogP contribution in [-0.2, 0) is 0 Å². The maximum atomic E-state index is 13.6. The zero-order chi connectivity index (χ0) is 24.0. The molecule has 8 nitrogen and oxygen atoms in total. The highest BCUT2D eigenvalue weighted by Crippen LogP contribution is 2.32. The largest absolute Gasteiger partial charge is 0.382 e. The van der Waals surface area contributed by atoms with E-state index in [0.29, 0.717) is 36.1 Å². The standard InChI is InChI=1S/C25H26FN7O/c1-15-12-28-20-9-6-17(13-33(15)20)22-21(16-4-7-18(26)8-5-16)30-24(27)23(29-22)25(34)32-11-10-19(14-32)31(2)3/h4-9,12-13,19H,10-11,14H2,1-3H3,(H2,27,30)/t19-/m1/s1. The quantitative estimate of drug-likeness (QED) is 0.504. The first-order valence-corrected chi connectivity index (χ1v) is 11.1. The molecule has 0 saturated carbocycles. The van der Waals surface area contributed by atoms with E-state index in [-0.39, 0.29) is 23.2 Å².